The lowest BCUT2D eigenvalue weighted by molar-refractivity contribution is 0.333. The molecule has 0 fully saturated rings. The fourth-order valence-corrected chi connectivity index (χ4v) is 2.03. The van der Waals surface area contributed by atoms with Crippen LogP contribution in [0.5, 0.6) is 0 Å². The first-order valence-electron chi connectivity index (χ1n) is 5.59. The molecule has 0 saturated heterocycles. The summed E-state index contributed by atoms with van der Waals surface area (Å²) in [6.07, 6.45) is 0. The molecule has 0 saturated carbocycles. The first-order valence-corrected chi connectivity index (χ1v) is 5.59. The maximum Gasteiger partial charge on any atom is 0.200 e. The third kappa shape index (κ3) is 1.78. The molecule has 0 unspecified atom stereocenters. The quantitative estimate of drug-likeness (QED) is 0.375. The van der Waals surface area contributed by atoms with Gasteiger partial charge in [0, 0.05) is 5.39 Å². The van der Waals surface area contributed by atoms with Crippen molar-refractivity contribution in [3.63, 3.8) is 0 Å². The van der Waals surface area contributed by atoms with Gasteiger partial charge in [-0.05, 0) is 6.07 Å². The monoisotopic (exact) mass is 302 g/mol. The van der Waals surface area contributed by atoms with E-state index in [1.165, 1.54) is 24.3 Å². The van der Waals surface area contributed by atoms with E-state index in [1.54, 1.807) is 0 Å². The molecule has 2 aromatic carbocycles. The second-order valence-corrected chi connectivity index (χ2v) is 4.17. The summed E-state index contributed by atoms with van der Waals surface area (Å²) in [4.78, 5) is -0.192. The minimum absolute atomic E-state index is 0.0804. The summed E-state index contributed by atoms with van der Waals surface area (Å²) in [7, 11) is 0. The lowest BCUT2D eigenvalue weighted by atomic mass is 10.1. The molecule has 0 aliphatic rings. The van der Waals surface area contributed by atoms with Crippen molar-refractivity contribution in [1.82, 2.24) is 10.0 Å². The van der Waals surface area contributed by atoms with Crippen LogP contribution in [0.1, 0.15) is 0 Å². The van der Waals surface area contributed by atoms with E-state index in [0.717, 1.165) is 0 Å². The highest BCUT2D eigenvalue weighted by atomic mass is 19.2. The topological polar surface area (TPSA) is 17.8 Å². The Bertz CT molecular complexity index is 842. The number of fused-ring (bicyclic) bond motifs is 1. The van der Waals surface area contributed by atoms with Crippen LogP contribution in [-0.4, -0.2) is 10.0 Å². The fraction of sp³-hybridized carbons (Fsp3) is 0. The Kier molecular flexibility index (Phi) is 2.89. The minimum Gasteiger partial charge on any atom is -0.203 e. The zero-order valence-electron chi connectivity index (χ0n) is 9.97. The van der Waals surface area contributed by atoms with E-state index in [-0.39, 0.29) is 15.8 Å². The van der Waals surface area contributed by atoms with Crippen LogP contribution in [0.3, 0.4) is 0 Å². The van der Waals surface area contributed by atoms with E-state index in [2.05, 4.69) is 5.10 Å². The van der Waals surface area contributed by atoms with Crippen molar-refractivity contribution in [3.8, 4) is 11.3 Å². The second kappa shape index (κ2) is 4.51. The standard InChI is InChI=1S/C13H4F6N2/c14-8-7(9(15)11(17)12(18)10(8)16)13-5-3-1-2-4-6(5)21(19)20-13/h1-4H. The molecule has 0 aliphatic heterocycles. The van der Waals surface area contributed by atoms with Gasteiger partial charge in [0.15, 0.2) is 23.3 Å². The van der Waals surface area contributed by atoms with Gasteiger partial charge in [0.05, 0.1) is 5.56 Å². The predicted octanol–water partition coefficient (Wildman–Crippen LogP) is 4.13. The summed E-state index contributed by atoms with van der Waals surface area (Å²) in [6.45, 7) is 0. The summed E-state index contributed by atoms with van der Waals surface area (Å²) >= 11 is 0. The third-order valence-electron chi connectivity index (χ3n) is 2.99. The number of aromatic nitrogens is 2. The third-order valence-corrected chi connectivity index (χ3v) is 2.99. The van der Waals surface area contributed by atoms with Gasteiger partial charge in [-0.25, -0.2) is 22.0 Å². The molecule has 0 spiro atoms. The van der Waals surface area contributed by atoms with Gasteiger partial charge in [0.25, 0.3) is 0 Å². The van der Waals surface area contributed by atoms with E-state index in [9.17, 15) is 26.4 Å². The number of para-hydroxylation sites is 1. The molecule has 2 nitrogen and oxygen atoms in total. The van der Waals surface area contributed by atoms with Gasteiger partial charge in [-0.3, -0.25) is 0 Å². The number of hydrogen-bond donors (Lipinski definition) is 0. The van der Waals surface area contributed by atoms with Gasteiger partial charge < -0.3 is 0 Å². The highest BCUT2D eigenvalue weighted by molar-refractivity contribution is 5.93. The first kappa shape index (κ1) is 13.5. The maximum atomic E-state index is 13.7. The molecule has 3 aromatic rings. The van der Waals surface area contributed by atoms with E-state index >= 15 is 0 Å². The summed E-state index contributed by atoms with van der Waals surface area (Å²) in [5, 5.41) is 3.13. The number of rotatable bonds is 1. The van der Waals surface area contributed by atoms with Gasteiger partial charge in [-0.2, -0.15) is 0 Å². The summed E-state index contributed by atoms with van der Waals surface area (Å²) in [5.41, 5.74) is -2.09. The predicted molar refractivity (Wildman–Crippen MR) is 61.5 cm³/mol. The number of benzene rings is 2. The van der Waals surface area contributed by atoms with E-state index in [1.807, 2.05) is 0 Å². The van der Waals surface area contributed by atoms with Crippen LogP contribution in [0.25, 0.3) is 22.2 Å². The van der Waals surface area contributed by atoms with Crippen molar-refractivity contribution in [1.29, 1.82) is 0 Å². The molecule has 1 aromatic heterocycles. The summed E-state index contributed by atoms with van der Waals surface area (Å²) in [6, 6.07) is 5.35. The van der Waals surface area contributed by atoms with Crippen LogP contribution in [0.4, 0.5) is 26.4 Å². The van der Waals surface area contributed by atoms with Crippen molar-refractivity contribution in [2.75, 3.05) is 0 Å². The van der Waals surface area contributed by atoms with Crippen LogP contribution in [0.15, 0.2) is 24.3 Å². The summed E-state index contributed by atoms with van der Waals surface area (Å²) in [5.74, 6) is -10.6. The van der Waals surface area contributed by atoms with Crippen molar-refractivity contribution in [3.05, 3.63) is 53.4 Å². The normalized spacial score (nSPS) is 11.3. The molecular weight excluding hydrogens is 298 g/mol. The van der Waals surface area contributed by atoms with E-state index < -0.39 is 40.3 Å². The number of nitrogens with zero attached hydrogens (tertiary/aromatic N) is 2. The van der Waals surface area contributed by atoms with Crippen LogP contribution < -0.4 is 0 Å². The molecule has 108 valence electrons. The Hall–Kier alpha value is -2.51. The highest BCUT2D eigenvalue weighted by Gasteiger charge is 2.29. The van der Waals surface area contributed by atoms with Crippen LogP contribution in [-0.2, 0) is 0 Å². The zero-order chi connectivity index (χ0) is 15.3. The molecular formula is C13H4F6N2. The molecule has 21 heavy (non-hydrogen) atoms. The highest BCUT2D eigenvalue weighted by Crippen LogP contribution is 2.34. The van der Waals surface area contributed by atoms with Crippen LogP contribution in [0.2, 0.25) is 0 Å². The number of halogens is 6. The molecule has 0 bridgehead atoms. The average Bonchev–Trinajstić information content (AvgIpc) is 2.81. The molecule has 0 N–H and O–H groups in total. The van der Waals surface area contributed by atoms with E-state index in [0.29, 0.717) is 0 Å². The first-order chi connectivity index (χ1) is 9.93. The van der Waals surface area contributed by atoms with Crippen molar-refractivity contribution < 1.29 is 26.4 Å². The fourth-order valence-electron chi connectivity index (χ4n) is 2.03. The van der Waals surface area contributed by atoms with Gasteiger partial charge in [0.2, 0.25) is 5.82 Å². The Morgan fingerprint density at radius 1 is 0.762 bits per heavy atom. The van der Waals surface area contributed by atoms with Crippen molar-refractivity contribution in [2.45, 2.75) is 0 Å². The average molecular weight is 302 g/mol. The molecule has 0 aliphatic carbocycles. The lowest BCUT2D eigenvalue weighted by Crippen LogP contribution is -2.04. The zero-order valence-corrected chi connectivity index (χ0v) is 9.97. The van der Waals surface area contributed by atoms with E-state index in [4.69, 9.17) is 0 Å². The number of hydrogen-bond acceptors (Lipinski definition) is 1. The van der Waals surface area contributed by atoms with Crippen molar-refractivity contribution >= 4 is 10.9 Å². The SMILES string of the molecule is Fc1c(F)c(F)c(-c2nn(F)c3ccccc23)c(F)c1F. The minimum atomic E-state index is -2.28. The van der Waals surface area contributed by atoms with Gasteiger partial charge >= 0.3 is 0 Å². The van der Waals surface area contributed by atoms with Gasteiger partial charge in [-0.1, -0.05) is 27.6 Å². The Morgan fingerprint density at radius 3 is 1.90 bits per heavy atom. The van der Waals surface area contributed by atoms with Gasteiger partial charge in [0.1, 0.15) is 11.2 Å². The molecule has 8 heteroatoms. The molecule has 0 radical (unpaired) electrons. The summed E-state index contributed by atoms with van der Waals surface area (Å²) < 4.78 is 80.4. The molecule has 0 amide bonds. The lowest BCUT2D eigenvalue weighted by Gasteiger charge is -2.06. The van der Waals surface area contributed by atoms with Crippen LogP contribution >= 0.6 is 0 Å². The van der Waals surface area contributed by atoms with Crippen LogP contribution in [0, 0.1) is 29.1 Å². The Morgan fingerprint density at radius 2 is 1.29 bits per heavy atom. The molecule has 0 atom stereocenters. The van der Waals surface area contributed by atoms with Gasteiger partial charge in [-0.15, -0.1) is 5.10 Å². The maximum absolute atomic E-state index is 13.7. The second-order valence-electron chi connectivity index (χ2n) is 4.17. The Labute approximate surface area is 113 Å². The molecule has 1 heterocycles. The van der Waals surface area contributed by atoms with Crippen molar-refractivity contribution in [2.24, 2.45) is 0 Å². The Balaban J connectivity index is 2.44. The smallest absolute Gasteiger partial charge is 0.200 e. The largest absolute Gasteiger partial charge is 0.203 e. The molecule has 3 rings (SSSR count).